The van der Waals surface area contributed by atoms with Crippen LogP contribution in [0.15, 0.2) is 6.20 Å². The van der Waals surface area contributed by atoms with Crippen molar-refractivity contribution in [1.82, 2.24) is 24.4 Å². The quantitative estimate of drug-likeness (QED) is 0.842. The SMILES string of the molecule is CCc1cnc2c(n1)nc(C1CCN(C(C)=O)CC1)n2C. The second-order valence-electron chi connectivity index (χ2n) is 5.67. The summed E-state index contributed by atoms with van der Waals surface area (Å²) in [6, 6.07) is 0. The highest BCUT2D eigenvalue weighted by atomic mass is 16.2. The van der Waals surface area contributed by atoms with Gasteiger partial charge in [-0.2, -0.15) is 0 Å². The minimum Gasteiger partial charge on any atom is -0.343 e. The van der Waals surface area contributed by atoms with Crippen LogP contribution in [0.3, 0.4) is 0 Å². The van der Waals surface area contributed by atoms with Gasteiger partial charge in [0.1, 0.15) is 5.82 Å². The fourth-order valence-corrected chi connectivity index (χ4v) is 3.00. The average molecular weight is 287 g/mol. The molecule has 1 amide bonds. The van der Waals surface area contributed by atoms with Crippen LogP contribution >= 0.6 is 0 Å². The Morgan fingerprint density at radius 1 is 1.33 bits per heavy atom. The van der Waals surface area contributed by atoms with Crippen LogP contribution in [-0.4, -0.2) is 43.4 Å². The van der Waals surface area contributed by atoms with Crippen molar-refractivity contribution in [1.29, 1.82) is 0 Å². The maximum absolute atomic E-state index is 11.4. The third kappa shape index (κ3) is 2.50. The van der Waals surface area contributed by atoms with E-state index in [1.165, 1.54) is 0 Å². The van der Waals surface area contributed by atoms with E-state index in [1.54, 1.807) is 6.92 Å². The summed E-state index contributed by atoms with van der Waals surface area (Å²) in [6.45, 7) is 5.32. The molecule has 1 saturated heterocycles. The molecule has 2 aromatic rings. The fourth-order valence-electron chi connectivity index (χ4n) is 3.00. The molecule has 0 aliphatic carbocycles. The minimum atomic E-state index is 0.161. The number of carbonyl (C=O) groups is 1. The second-order valence-corrected chi connectivity index (χ2v) is 5.67. The molecule has 6 heteroatoms. The molecule has 0 radical (unpaired) electrons. The number of hydrogen-bond donors (Lipinski definition) is 0. The Hall–Kier alpha value is -1.98. The van der Waals surface area contributed by atoms with Gasteiger partial charge in [-0.05, 0) is 19.3 Å². The lowest BCUT2D eigenvalue weighted by Gasteiger charge is -2.30. The average Bonchev–Trinajstić information content (AvgIpc) is 2.83. The number of fused-ring (bicyclic) bond motifs is 1. The first-order valence-corrected chi connectivity index (χ1v) is 7.54. The first-order valence-electron chi connectivity index (χ1n) is 7.54. The van der Waals surface area contributed by atoms with Crippen molar-refractivity contribution in [3.63, 3.8) is 0 Å². The van der Waals surface area contributed by atoms with Crippen LogP contribution in [0.25, 0.3) is 11.3 Å². The zero-order chi connectivity index (χ0) is 15.0. The van der Waals surface area contributed by atoms with Gasteiger partial charge < -0.3 is 9.47 Å². The first-order chi connectivity index (χ1) is 10.1. The highest BCUT2D eigenvalue weighted by Crippen LogP contribution is 2.28. The van der Waals surface area contributed by atoms with Gasteiger partial charge in [0.25, 0.3) is 0 Å². The summed E-state index contributed by atoms with van der Waals surface area (Å²) < 4.78 is 2.05. The number of aromatic nitrogens is 4. The van der Waals surface area contributed by atoms with Gasteiger partial charge in [-0.15, -0.1) is 0 Å². The molecule has 3 rings (SSSR count). The summed E-state index contributed by atoms with van der Waals surface area (Å²) in [4.78, 5) is 27.1. The van der Waals surface area contributed by atoms with Crippen molar-refractivity contribution in [3.05, 3.63) is 17.7 Å². The van der Waals surface area contributed by atoms with E-state index in [0.717, 1.165) is 55.2 Å². The summed E-state index contributed by atoms with van der Waals surface area (Å²) in [7, 11) is 2.00. The Balaban J connectivity index is 1.87. The van der Waals surface area contributed by atoms with Crippen molar-refractivity contribution in [2.45, 2.75) is 39.0 Å². The van der Waals surface area contributed by atoms with Crippen molar-refractivity contribution in [3.8, 4) is 0 Å². The predicted octanol–water partition coefficient (Wildman–Crippen LogP) is 1.65. The number of piperidine rings is 1. The van der Waals surface area contributed by atoms with Crippen molar-refractivity contribution >= 4 is 17.2 Å². The van der Waals surface area contributed by atoms with E-state index in [0.29, 0.717) is 5.92 Å². The Morgan fingerprint density at radius 3 is 2.67 bits per heavy atom. The zero-order valence-electron chi connectivity index (χ0n) is 12.8. The standard InChI is InChI=1S/C15H21N5O/c1-4-12-9-16-15-13(17-12)18-14(19(15)3)11-5-7-20(8-6-11)10(2)21/h9,11H,4-8H2,1-3H3. The van der Waals surface area contributed by atoms with E-state index in [1.807, 2.05) is 18.1 Å². The van der Waals surface area contributed by atoms with Crippen LogP contribution in [0.1, 0.15) is 44.1 Å². The molecule has 1 fully saturated rings. The maximum atomic E-state index is 11.4. The van der Waals surface area contributed by atoms with Gasteiger partial charge in [-0.25, -0.2) is 15.0 Å². The first kappa shape index (κ1) is 14.0. The minimum absolute atomic E-state index is 0.161. The fraction of sp³-hybridized carbons (Fsp3) is 0.600. The van der Waals surface area contributed by atoms with Crippen LogP contribution < -0.4 is 0 Å². The molecule has 1 aliphatic heterocycles. The lowest BCUT2D eigenvalue weighted by Crippen LogP contribution is -2.36. The second kappa shape index (κ2) is 5.42. The lowest BCUT2D eigenvalue weighted by molar-refractivity contribution is -0.129. The number of likely N-dealkylation sites (tertiary alicyclic amines) is 1. The molecule has 0 unspecified atom stereocenters. The molecular weight excluding hydrogens is 266 g/mol. The van der Waals surface area contributed by atoms with Crippen LogP contribution in [0.4, 0.5) is 0 Å². The van der Waals surface area contributed by atoms with Crippen LogP contribution in [0, 0.1) is 0 Å². The summed E-state index contributed by atoms with van der Waals surface area (Å²) in [5.74, 6) is 1.59. The summed E-state index contributed by atoms with van der Waals surface area (Å²) in [6.07, 6.45) is 4.60. The van der Waals surface area contributed by atoms with Crippen molar-refractivity contribution in [2.75, 3.05) is 13.1 Å². The Morgan fingerprint density at radius 2 is 2.05 bits per heavy atom. The molecule has 0 aromatic carbocycles. The van der Waals surface area contributed by atoms with E-state index in [4.69, 9.17) is 4.98 Å². The molecule has 6 nitrogen and oxygen atoms in total. The van der Waals surface area contributed by atoms with Crippen LogP contribution in [-0.2, 0) is 18.3 Å². The summed E-state index contributed by atoms with van der Waals surface area (Å²) >= 11 is 0. The molecule has 2 aromatic heterocycles. The van der Waals surface area contributed by atoms with E-state index in [9.17, 15) is 4.79 Å². The van der Waals surface area contributed by atoms with Gasteiger partial charge in [-0.1, -0.05) is 6.92 Å². The summed E-state index contributed by atoms with van der Waals surface area (Å²) in [5, 5.41) is 0. The number of nitrogens with zero attached hydrogens (tertiary/aromatic N) is 5. The molecule has 112 valence electrons. The van der Waals surface area contributed by atoms with Crippen molar-refractivity contribution < 1.29 is 4.79 Å². The highest BCUT2D eigenvalue weighted by molar-refractivity contribution is 5.73. The van der Waals surface area contributed by atoms with E-state index in [2.05, 4.69) is 21.5 Å². The smallest absolute Gasteiger partial charge is 0.219 e. The monoisotopic (exact) mass is 287 g/mol. The van der Waals surface area contributed by atoms with Gasteiger partial charge in [-0.3, -0.25) is 4.79 Å². The number of carbonyl (C=O) groups excluding carboxylic acids is 1. The Kier molecular flexibility index (Phi) is 3.61. The highest BCUT2D eigenvalue weighted by Gasteiger charge is 2.26. The molecular formula is C15H21N5O. The van der Waals surface area contributed by atoms with Crippen LogP contribution in [0.2, 0.25) is 0 Å². The molecule has 0 spiro atoms. The van der Waals surface area contributed by atoms with Gasteiger partial charge in [0.2, 0.25) is 5.91 Å². The predicted molar refractivity (Wildman–Crippen MR) is 79.9 cm³/mol. The number of aryl methyl sites for hydroxylation is 2. The van der Waals surface area contributed by atoms with Gasteiger partial charge >= 0.3 is 0 Å². The third-order valence-corrected chi connectivity index (χ3v) is 4.33. The van der Waals surface area contributed by atoms with E-state index < -0.39 is 0 Å². The summed E-state index contributed by atoms with van der Waals surface area (Å²) in [5.41, 5.74) is 2.55. The number of imidazole rings is 1. The van der Waals surface area contributed by atoms with Gasteiger partial charge in [0.15, 0.2) is 11.3 Å². The molecule has 1 aliphatic rings. The Labute approximate surface area is 124 Å². The molecule has 0 N–H and O–H groups in total. The van der Waals surface area contributed by atoms with Crippen molar-refractivity contribution in [2.24, 2.45) is 7.05 Å². The van der Waals surface area contributed by atoms with E-state index in [-0.39, 0.29) is 5.91 Å². The molecule has 21 heavy (non-hydrogen) atoms. The third-order valence-electron chi connectivity index (χ3n) is 4.33. The molecule has 0 atom stereocenters. The largest absolute Gasteiger partial charge is 0.343 e. The number of rotatable bonds is 2. The maximum Gasteiger partial charge on any atom is 0.219 e. The van der Waals surface area contributed by atoms with Gasteiger partial charge in [0.05, 0.1) is 11.9 Å². The van der Waals surface area contributed by atoms with E-state index >= 15 is 0 Å². The zero-order valence-corrected chi connectivity index (χ0v) is 12.8. The molecule has 0 saturated carbocycles. The lowest BCUT2D eigenvalue weighted by atomic mass is 9.96. The number of amides is 1. The number of hydrogen-bond acceptors (Lipinski definition) is 4. The topological polar surface area (TPSA) is 63.9 Å². The van der Waals surface area contributed by atoms with Crippen LogP contribution in [0.5, 0.6) is 0 Å². The molecule has 3 heterocycles. The normalized spacial score (nSPS) is 16.6. The molecule has 0 bridgehead atoms. The van der Waals surface area contributed by atoms with Gasteiger partial charge in [0, 0.05) is 33.0 Å². The Bertz CT molecular complexity index is 670.